The first-order chi connectivity index (χ1) is 8.69. The van der Waals surface area contributed by atoms with Gasteiger partial charge in [0.1, 0.15) is 12.4 Å². The van der Waals surface area contributed by atoms with Crippen LogP contribution < -0.4 is 4.74 Å². The molecular formula is C14H11BrCl2O. The molecule has 4 heteroatoms. The zero-order chi connectivity index (χ0) is 13.0. The molecule has 0 saturated carbocycles. The summed E-state index contributed by atoms with van der Waals surface area (Å²) in [6.45, 7) is 0.452. The number of rotatable bonds is 4. The summed E-state index contributed by atoms with van der Waals surface area (Å²) in [4.78, 5) is 0. The standard InChI is InChI=1S/C14H11BrCl2O/c15-8-10-4-5-14(13(17)7-10)18-9-11-2-1-3-12(16)6-11/h1-7H,8-9H2. The molecule has 0 bridgehead atoms. The van der Waals surface area contributed by atoms with Gasteiger partial charge in [-0.2, -0.15) is 0 Å². The Morgan fingerprint density at radius 1 is 1.00 bits per heavy atom. The van der Waals surface area contributed by atoms with Crippen molar-refractivity contribution < 1.29 is 4.74 Å². The molecule has 0 heterocycles. The Hall–Kier alpha value is -0.700. The number of benzene rings is 2. The lowest BCUT2D eigenvalue weighted by molar-refractivity contribution is 0.306. The van der Waals surface area contributed by atoms with E-state index in [1.807, 2.05) is 42.5 Å². The summed E-state index contributed by atoms with van der Waals surface area (Å²) in [6.07, 6.45) is 0. The molecule has 0 atom stereocenters. The fourth-order valence-electron chi connectivity index (χ4n) is 1.53. The second-order valence-corrected chi connectivity index (χ2v) is 5.22. The van der Waals surface area contributed by atoms with Crippen molar-refractivity contribution in [2.75, 3.05) is 0 Å². The minimum atomic E-state index is 0.452. The van der Waals surface area contributed by atoms with E-state index in [4.69, 9.17) is 27.9 Å². The highest BCUT2D eigenvalue weighted by molar-refractivity contribution is 9.08. The van der Waals surface area contributed by atoms with Crippen LogP contribution in [0.1, 0.15) is 11.1 Å². The number of hydrogen-bond donors (Lipinski definition) is 0. The van der Waals surface area contributed by atoms with Gasteiger partial charge in [0.2, 0.25) is 0 Å². The molecule has 0 fully saturated rings. The fourth-order valence-corrected chi connectivity index (χ4v) is 2.35. The Morgan fingerprint density at radius 3 is 2.50 bits per heavy atom. The SMILES string of the molecule is Clc1cccc(COc2ccc(CBr)cc2Cl)c1. The van der Waals surface area contributed by atoms with E-state index in [2.05, 4.69) is 15.9 Å². The highest BCUT2D eigenvalue weighted by Gasteiger charge is 2.03. The van der Waals surface area contributed by atoms with Crippen LogP contribution in [0.3, 0.4) is 0 Å². The first kappa shape index (κ1) is 13.7. The molecule has 0 N–H and O–H groups in total. The number of halogens is 3. The van der Waals surface area contributed by atoms with E-state index in [1.165, 1.54) is 0 Å². The highest BCUT2D eigenvalue weighted by atomic mass is 79.9. The summed E-state index contributed by atoms with van der Waals surface area (Å²) in [5, 5.41) is 2.10. The summed E-state index contributed by atoms with van der Waals surface area (Å²) >= 11 is 15.4. The molecule has 2 rings (SSSR count). The van der Waals surface area contributed by atoms with Crippen molar-refractivity contribution in [3.8, 4) is 5.75 Å². The molecule has 2 aromatic carbocycles. The lowest BCUT2D eigenvalue weighted by atomic mass is 10.2. The summed E-state index contributed by atoms with van der Waals surface area (Å²) in [5.74, 6) is 0.682. The lowest BCUT2D eigenvalue weighted by Crippen LogP contribution is -1.96. The number of ether oxygens (including phenoxy) is 1. The molecule has 94 valence electrons. The number of hydrogen-bond acceptors (Lipinski definition) is 1. The predicted octanol–water partition coefficient (Wildman–Crippen LogP) is 5.47. The van der Waals surface area contributed by atoms with Gasteiger partial charge >= 0.3 is 0 Å². The van der Waals surface area contributed by atoms with Crippen LogP contribution in [-0.2, 0) is 11.9 Å². The van der Waals surface area contributed by atoms with Crippen LogP contribution in [0, 0.1) is 0 Å². The molecule has 2 aromatic rings. The first-order valence-corrected chi connectivity index (χ1v) is 7.28. The maximum absolute atomic E-state index is 6.13. The topological polar surface area (TPSA) is 9.23 Å². The molecule has 0 unspecified atom stereocenters. The molecule has 0 aromatic heterocycles. The van der Waals surface area contributed by atoms with Gasteiger partial charge in [-0.1, -0.05) is 57.3 Å². The van der Waals surface area contributed by atoms with Crippen LogP contribution in [0.15, 0.2) is 42.5 Å². The zero-order valence-corrected chi connectivity index (χ0v) is 12.6. The van der Waals surface area contributed by atoms with Crippen LogP contribution in [0.2, 0.25) is 10.0 Å². The molecule has 1 nitrogen and oxygen atoms in total. The number of alkyl halides is 1. The monoisotopic (exact) mass is 344 g/mol. The smallest absolute Gasteiger partial charge is 0.138 e. The molecule has 0 radical (unpaired) electrons. The van der Waals surface area contributed by atoms with E-state index in [0.717, 1.165) is 16.5 Å². The van der Waals surface area contributed by atoms with E-state index in [-0.39, 0.29) is 0 Å². The largest absolute Gasteiger partial charge is 0.487 e. The van der Waals surface area contributed by atoms with E-state index in [0.29, 0.717) is 22.4 Å². The van der Waals surface area contributed by atoms with E-state index < -0.39 is 0 Å². The summed E-state index contributed by atoms with van der Waals surface area (Å²) < 4.78 is 5.67. The summed E-state index contributed by atoms with van der Waals surface area (Å²) in [6, 6.07) is 13.3. The Kier molecular flexibility index (Phi) is 4.93. The third-order valence-corrected chi connectivity index (χ3v) is 3.61. The molecule has 0 aliphatic carbocycles. The van der Waals surface area contributed by atoms with Crippen molar-refractivity contribution in [3.05, 3.63) is 63.6 Å². The molecule has 0 saturated heterocycles. The van der Waals surface area contributed by atoms with Crippen molar-refractivity contribution in [1.82, 2.24) is 0 Å². The van der Waals surface area contributed by atoms with Gasteiger partial charge in [0.05, 0.1) is 5.02 Å². The first-order valence-electron chi connectivity index (χ1n) is 5.40. The molecule has 0 spiro atoms. The predicted molar refractivity (Wildman–Crippen MR) is 79.9 cm³/mol. The van der Waals surface area contributed by atoms with Crippen molar-refractivity contribution in [3.63, 3.8) is 0 Å². The molecule has 0 aliphatic rings. The minimum absolute atomic E-state index is 0.452. The van der Waals surface area contributed by atoms with E-state index in [1.54, 1.807) is 0 Å². The van der Waals surface area contributed by atoms with Crippen molar-refractivity contribution in [2.24, 2.45) is 0 Å². The van der Waals surface area contributed by atoms with Crippen molar-refractivity contribution in [2.45, 2.75) is 11.9 Å². The normalized spacial score (nSPS) is 10.4. The quantitative estimate of drug-likeness (QED) is 0.668. The van der Waals surface area contributed by atoms with Gasteiger partial charge < -0.3 is 4.74 Å². The average Bonchev–Trinajstić information content (AvgIpc) is 2.37. The minimum Gasteiger partial charge on any atom is -0.487 e. The Morgan fingerprint density at radius 2 is 1.83 bits per heavy atom. The van der Waals surface area contributed by atoms with E-state index >= 15 is 0 Å². The second kappa shape index (κ2) is 6.46. The molecular weight excluding hydrogens is 335 g/mol. The second-order valence-electron chi connectivity index (χ2n) is 3.82. The van der Waals surface area contributed by atoms with Crippen LogP contribution in [0.4, 0.5) is 0 Å². The lowest BCUT2D eigenvalue weighted by Gasteiger charge is -2.09. The Labute approximate surface area is 125 Å². The van der Waals surface area contributed by atoms with Crippen LogP contribution in [-0.4, -0.2) is 0 Å². The Bertz CT molecular complexity index is 543. The Balaban J connectivity index is 2.06. The van der Waals surface area contributed by atoms with Crippen LogP contribution in [0.5, 0.6) is 5.75 Å². The average molecular weight is 346 g/mol. The van der Waals surface area contributed by atoms with Crippen LogP contribution in [0.25, 0.3) is 0 Å². The maximum Gasteiger partial charge on any atom is 0.138 e. The maximum atomic E-state index is 6.13. The fraction of sp³-hybridized carbons (Fsp3) is 0.143. The van der Waals surface area contributed by atoms with Crippen LogP contribution >= 0.6 is 39.1 Å². The molecule has 0 aliphatic heterocycles. The third kappa shape index (κ3) is 3.64. The van der Waals surface area contributed by atoms with Gasteiger partial charge in [0, 0.05) is 10.4 Å². The summed E-state index contributed by atoms with van der Waals surface area (Å²) in [5.41, 5.74) is 2.14. The third-order valence-electron chi connectivity index (χ3n) is 2.43. The van der Waals surface area contributed by atoms with Crippen molar-refractivity contribution >= 4 is 39.1 Å². The van der Waals surface area contributed by atoms with Gasteiger partial charge in [-0.25, -0.2) is 0 Å². The van der Waals surface area contributed by atoms with Crippen molar-refractivity contribution in [1.29, 1.82) is 0 Å². The van der Waals surface area contributed by atoms with Gasteiger partial charge in [-0.3, -0.25) is 0 Å². The van der Waals surface area contributed by atoms with Gasteiger partial charge in [0.15, 0.2) is 0 Å². The van der Waals surface area contributed by atoms with Gasteiger partial charge in [-0.05, 0) is 35.4 Å². The van der Waals surface area contributed by atoms with E-state index in [9.17, 15) is 0 Å². The molecule has 0 amide bonds. The van der Waals surface area contributed by atoms with Gasteiger partial charge in [0.25, 0.3) is 0 Å². The van der Waals surface area contributed by atoms with Gasteiger partial charge in [-0.15, -0.1) is 0 Å². The molecule has 18 heavy (non-hydrogen) atoms. The zero-order valence-electron chi connectivity index (χ0n) is 9.50. The summed E-state index contributed by atoms with van der Waals surface area (Å²) in [7, 11) is 0. The highest BCUT2D eigenvalue weighted by Crippen LogP contribution is 2.27.